The van der Waals surface area contributed by atoms with Crippen LogP contribution in [0.15, 0.2) is 48.5 Å². The van der Waals surface area contributed by atoms with Crippen LogP contribution in [0.2, 0.25) is 0 Å². The average Bonchev–Trinajstić information content (AvgIpc) is 3.04. The van der Waals surface area contributed by atoms with E-state index in [1.54, 1.807) is 6.07 Å². The Balaban J connectivity index is 1.22. The highest BCUT2D eigenvalue weighted by atomic mass is 19.3. The van der Waals surface area contributed by atoms with Crippen molar-refractivity contribution in [3.63, 3.8) is 0 Å². The van der Waals surface area contributed by atoms with Crippen molar-refractivity contribution < 1.29 is 44.3 Å². The van der Waals surface area contributed by atoms with Gasteiger partial charge >= 0.3 is 12.0 Å². The van der Waals surface area contributed by atoms with Crippen LogP contribution >= 0.6 is 0 Å². The molecule has 2 saturated carbocycles. The van der Waals surface area contributed by atoms with Gasteiger partial charge in [0, 0.05) is 11.6 Å². The number of rotatable bonds is 12. The van der Waals surface area contributed by atoms with E-state index in [1.807, 2.05) is 0 Å². The maximum atomic E-state index is 15.3. The highest BCUT2D eigenvalue weighted by Crippen LogP contribution is 2.45. The van der Waals surface area contributed by atoms with E-state index < -0.39 is 58.9 Å². The zero-order chi connectivity index (χ0) is 34.6. The van der Waals surface area contributed by atoms with Crippen LogP contribution in [0.3, 0.4) is 0 Å². The highest BCUT2D eigenvalue weighted by molar-refractivity contribution is 5.65. The first kappa shape index (κ1) is 36.1. The lowest BCUT2D eigenvalue weighted by atomic mass is 9.68. The van der Waals surface area contributed by atoms with E-state index in [-0.39, 0.29) is 23.1 Å². The van der Waals surface area contributed by atoms with Crippen LogP contribution < -0.4 is 4.74 Å². The van der Waals surface area contributed by atoms with Crippen molar-refractivity contribution >= 4 is 0 Å². The smallest absolute Gasteiger partial charge is 0.429 e. The summed E-state index contributed by atoms with van der Waals surface area (Å²) in [7, 11) is 0. The van der Waals surface area contributed by atoms with E-state index >= 15 is 4.39 Å². The van der Waals surface area contributed by atoms with Crippen LogP contribution in [-0.2, 0) is 12.0 Å². The molecule has 262 valence electrons. The number of hydrogen-bond donors (Lipinski definition) is 0. The fraction of sp³-hybridized carbons (Fsp3) is 0.526. The zero-order valence-corrected chi connectivity index (χ0v) is 26.9. The molecule has 0 N–H and O–H groups in total. The van der Waals surface area contributed by atoms with Crippen molar-refractivity contribution in [3.05, 3.63) is 88.5 Å². The Labute approximate surface area is 275 Å². The Bertz CT molecular complexity index is 1520. The second-order valence-corrected chi connectivity index (χ2v) is 13.5. The van der Waals surface area contributed by atoms with Crippen molar-refractivity contribution in [3.8, 4) is 16.9 Å². The van der Waals surface area contributed by atoms with Crippen molar-refractivity contribution in [2.75, 3.05) is 6.67 Å². The third-order valence-corrected chi connectivity index (χ3v) is 10.4. The van der Waals surface area contributed by atoms with Crippen LogP contribution in [0.1, 0.15) is 107 Å². The average molecular weight is 685 g/mol. The highest BCUT2D eigenvalue weighted by Gasteiger charge is 2.42. The third kappa shape index (κ3) is 8.16. The minimum Gasteiger partial charge on any atom is -0.429 e. The number of unbranched alkanes of at least 4 members (excludes halogenated alkanes) is 2. The van der Waals surface area contributed by atoms with Gasteiger partial charge < -0.3 is 4.74 Å². The molecular formula is C38H41F9O. The molecule has 0 bridgehead atoms. The summed E-state index contributed by atoms with van der Waals surface area (Å²) in [5, 5.41) is 0. The van der Waals surface area contributed by atoms with Gasteiger partial charge in [0.25, 0.3) is 0 Å². The zero-order valence-electron chi connectivity index (χ0n) is 26.9. The summed E-state index contributed by atoms with van der Waals surface area (Å²) >= 11 is 0. The number of benzene rings is 3. The summed E-state index contributed by atoms with van der Waals surface area (Å²) in [5.74, 6) is -8.80. The largest absolute Gasteiger partial charge is 0.432 e. The Morgan fingerprint density at radius 1 is 0.688 bits per heavy atom. The van der Waals surface area contributed by atoms with E-state index in [0.717, 1.165) is 43.1 Å². The van der Waals surface area contributed by atoms with Gasteiger partial charge in [0.2, 0.25) is 0 Å². The van der Waals surface area contributed by atoms with Crippen LogP contribution in [0.5, 0.6) is 5.75 Å². The lowest BCUT2D eigenvalue weighted by Crippen LogP contribution is -2.25. The van der Waals surface area contributed by atoms with Gasteiger partial charge in [-0.1, -0.05) is 57.6 Å². The van der Waals surface area contributed by atoms with Gasteiger partial charge in [0.05, 0.1) is 5.56 Å². The van der Waals surface area contributed by atoms with Gasteiger partial charge in [-0.2, -0.15) is 17.6 Å². The molecule has 0 radical (unpaired) electrons. The lowest BCUT2D eigenvalue weighted by molar-refractivity contribution is -0.189. The molecule has 2 fully saturated rings. The van der Waals surface area contributed by atoms with Crippen molar-refractivity contribution in [1.29, 1.82) is 0 Å². The van der Waals surface area contributed by atoms with E-state index in [1.165, 1.54) is 63.5 Å². The minimum absolute atomic E-state index is 0.140. The molecule has 0 unspecified atom stereocenters. The molecule has 2 aliphatic rings. The second kappa shape index (κ2) is 15.2. The molecule has 2 aliphatic carbocycles. The van der Waals surface area contributed by atoms with Gasteiger partial charge in [-0.3, -0.25) is 0 Å². The lowest BCUT2D eigenvalue weighted by Gasteiger charge is -2.38. The van der Waals surface area contributed by atoms with Gasteiger partial charge in [-0.05, 0) is 104 Å². The molecule has 10 heteroatoms. The molecule has 48 heavy (non-hydrogen) atoms. The number of halogens is 9. The first-order valence-electron chi connectivity index (χ1n) is 16.9. The van der Waals surface area contributed by atoms with Crippen molar-refractivity contribution in [1.82, 2.24) is 0 Å². The van der Waals surface area contributed by atoms with E-state index in [2.05, 4.69) is 11.7 Å². The molecule has 3 aromatic rings. The molecule has 0 saturated heterocycles. The monoisotopic (exact) mass is 684 g/mol. The standard InChI is InChI=1S/C38H41F9O/c1-2-3-4-5-23-6-8-24(9-7-23)25-10-12-26(13-11-25)27-14-16-30(32(40)18-27)28-19-34(42)36(35(43)20-28)38(46,47)48-29-15-17-31(33(41)21-29)37(44,45)22-39/h14-21,23-26H,2-13,22H2,1H3. The predicted octanol–water partition coefficient (Wildman–Crippen LogP) is 12.8. The quantitative estimate of drug-likeness (QED) is 0.136. The minimum atomic E-state index is -4.71. The van der Waals surface area contributed by atoms with Gasteiger partial charge in [0.1, 0.15) is 34.6 Å². The maximum absolute atomic E-state index is 15.3. The molecule has 0 amide bonds. The third-order valence-electron chi connectivity index (χ3n) is 10.4. The predicted molar refractivity (Wildman–Crippen MR) is 167 cm³/mol. The second-order valence-electron chi connectivity index (χ2n) is 13.5. The molecule has 0 aromatic heterocycles. The molecule has 5 rings (SSSR count). The summed E-state index contributed by atoms with van der Waals surface area (Å²) < 4.78 is 133. The van der Waals surface area contributed by atoms with Crippen LogP contribution in [0, 0.1) is 41.0 Å². The van der Waals surface area contributed by atoms with Gasteiger partial charge in [0.15, 0.2) is 6.67 Å². The first-order valence-corrected chi connectivity index (χ1v) is 16.9. The molecule has 3 aromatic carbocycles. The molecule has 1 nitrogen and oxygen atoms in total. The normalized spacial score (nSPS) is 22.1. The van der Waals surface area contributed by atoms with Crippen LogP contribution in [0.25, 0.3) is 11.1 Å². The van der Waals surface area contributed by atoms with Crippen LogP contribution in [-0.4, -0.2) is 6.67 Å². The molecule has 0 heterocycles. The van der Waals surface area contributed by atoms with Gasteiger partial charge in [-0.15, -0.1) is 0 Å². The molecule has 0 aliphatic heterocycles. The molecule has 0 atom stereocenters. The Hall–Kier alpha value is -3.17. The fourth-order valence-electron chi connectivity index (χ4n) is 7.71. The van der Waals surface area contributed by atoms with Crippen molar-refractivity contribution in [2.24, 2.45) is 17.8 Å². The van der Waals surface area contributed by atoms with E-state index in [0.29, 0.717) is 30.2 Å². The Morgan fingerprint density at radius 3 is 1.88 bits per heavy atom. The summed E-state index contributed by atoms with van der Waals surface area (Å²) in [6, 6.07) is 6.51. The Morgan fingerprint density at radius 2 is 1.31 bits per heavy atom. The number of hydrogen-bond acceptors (Lipinski definition) is 1. The van der Waals surface area contributed by atoms with E-state index in [4.69, 9.17) is 0 Å². The SMILES string of the molecule is CCCCCC1CCC(C2CCC(c3ccc(-c4cc(F)c(C(F)(F)Oc5ccc(C(F)(F)CF)c(F)c5)c(F)c4)c(F)c3)CC2)CC1. The first-order chi connectivity index (χ1) is 22.8. The summed E-state index contributed by atoms with van der Waals surface area (Å²) in [6.45, 7) is 0.00127. The topological polar surface area (TPSA) is 9.23 Å². The summed E-state index contributed by atoms with van der Waals surface area (Å²) in [6.07, 6.45) is 9.72. The molecular weight excluding hydrogens is 643 g/mol. The summed E-state index contributed by atoms with van der Waals surface area (Å²) in [5.41, 5.74) is -2.93. The fourth-order valence-corrected chi connectivity index (χ4v) is 7.71. The number of ether oxygens (including phenoxy) is 1. The van der Waals surface area contributed by atoms with Crippen LogP contribution in [0.4, 0.5) is 39.5 Å². The number of alkyl halides is 5. The van der Waals surface area contributed by atoms with Crippen molar-refractivity contribution in [2.45, 2.75) is 102 Å². The maximum Gasteiger partial charge on any atom is 0.432 e. The summed E-state index contributed by atoms with van der Waals surface area (Å²) in [4.78, 5) is 0. The molecule has 0 spiro atoms. The van der Waals surface area contributed by atoms with E-state index in [9.17, 15) is 35.1 Å². The Kier molecular flexibility index (Phi) is 11.4. The van der Waals surface area contributed by atoms with Gasteiger partial charge in [-0.25, -0.2) is 22.0 Å².